The quantitative estimate of drug-likeness (QED) is 0.580. The van der Waals surface area contributed by atoms with E-state index < -0.39 is 39.4 Å². The fraction of sp³-hybridized carbons (Fsp3) is 0.680. The average molecular weight is 530 g/mol. The Morgan fingerprint density at radius 1 is 1.17 bits per heavy atom. The molecule has 0 aromatic heterocycles. The van der Waals surface area contributed by atoms with Gasteiger partial charge in [0.15, 0.2) is 11.6 Å². The minimum atomic E-state index is -4.00. The number of rotatable bonds is 7. The highest BCUT2D eigenvalue weighted by Crippen LogP contribution is 2.40. The largest absolute Gasteiger partial charge is 0.444 e. The van der Waals surface area contributed by atoms with E-state index in [1.165, 1.54) is 9.21 Å². The predicted octanol–water partition coefficient (Wildman–Crippen LogP) is 3.76. The van der Waals surface area contributed by atoms with Crippen LogP contribution in [0.4, 0.5) is 13.6 Å². The van der Waals surface area contributed by atoms with Crippen molar-refractivity contribution in [3.05, 3.63) is 29.8 Å². The van der Waals surface area contributed by atoms with Crippen LogP contribution < -0.4 is 5.32 Å². The number of benzene rings is 1. The van der Waals surface area contributed by atoms with Gasteiger partial charge in [0, 0.05) is 26.2 Å². The van der Waals surface area contributed by atoms with Crippen LogP contribution in [0.3, 0.4) is 0 Å². The second kappa shape index (κ2) is 10.6. The number of carbonyl (C=O) groups excluding carboxylic acids is 2. The van der Waals surface area contributed by atoms with Gasteiger partial charge in [-0.15, -0.1) is 0 Å². The van der Waals surface area contributed by atoms with Crippen molar-refractivity contribution in [2.24, 2.45) is 17.8 Å². The lowest BCUT2D eigenvalue weighted by Gasteiger charge is -2.32. The van der Waals surface area contributed by atoms with Crippen molar-refractivity contribution >= 4 is 22.0 Å². The van der Waals surface area contributed by atoms with E-state index >= 15 is 0 Å². The molecular weight excluding hydrogens is 492 g/mol. The standard InChI is InChI=1S/C25H37F2N3O5S/c1-15(2)11-22(29(6)24(32)35-25(3,4)5)23(31)28-21-10-7-16-13-30(14-18(16)21)36(33,34)17-8-9-19(26)20(27)12-17/h8-9,12,15-16,18,21-22H,7,10-11,13-14H2,1-6H3,(H,28,31)/t16-,18+,21+,22-/m0/s1. The summed E-state index contributed by atoms with van der Waals surface area (Å²) < 4.78 is 59.8. The lowest BCUT2D eigenvalue weighted by molar-refractivity contribution is -0.127. The summed E-state index contributed by atoms with van der Waals surface area (Å²) in [6, 6.07) is 1.57. The highest BCUT2D eigenvalue weighted by molar-refractivity contribution is 7.89. The van der Waals surface area contributed by atoms with Gasteiger partial charge in [-0.25, -0.2) is 22.0 Å². The second-order valence-corrected chi connectivity index (χ2v) is 13.2. The Kier molecular flexibility index (Phi) is 8.34. The molecule has 3 rings (SSSR count). The fourth-order valence-corrected chi connectivity index (χ4v) is 6.56. The summed E-state index contributed by atoms with van der Waals surface area (Å²) >= 11 is 0. The first-order valence-corrected chi connectivity index (χ1v) is 13.8. The molecule has 1 aromatic rings. The molecule has 202 valence electrons. The van der Waals surface area contributed by atoms with Crippen LogP contribution >= 0.6 is 0 Å². The van der Waals surface area contributed by atoms with Crippen LogP contribution in [0.25, 0.3) is 0 Å². The summed E-state index contributed by atoms with van der Waals surface area (Å²) in [6.07, 6.45) is 1.29. The third kappa shape index (κ3) is 6.34. The maximum absolute atomic E-state index is 13.7. The molecule has 1 saturated carbocycles. The van der Waals surface area contributed by atoms with Crippen molar-refractivity contribution in [2.45, 2.75) is 76.5 Å². The number of fused-ring (bicyclic) bond motifs is 1. The van der Waals surface area contributed by atoms with Crippen LogP contribution in [0.1, 0.15) is 53.9 Å². The first-order chi connectivity index (χ1) is 16.6. The number of ether oxygens (including phenoxy) is 1. The normalized spacial score (nSPS) is 23.4. The highest BCUT2D eigenvalue weighted by Gasteiger charge is 2.47. The number of nitrogens with zero attached hydrogens (tertiary/aromatic N) is 2. The minimum Gasteiger partial charge on any atom is -0.444 e. The lowest BCUT2D eigenvalue weighted by Crippen LogP contribution is -2.52. The molecule has 0 spiro atoms. The van der Waals surface area contributed by atoms with E-state index in [0.717, 1.165) is 18.6 Å². The van der Waals surface area contributed by atoms with E-state index in [-0.39, 0.29) is 47.7 Å². The van der Waals surface area contributed by atoms with E-state index in [4.69, 9.17) is 4.74 Å². The van der Waals surface area contributed by atoms with Gasteiger partial charge >= 0.3 is 6.09 Å². The third-order valence-electron chi connectivity index (χ3n) is 6.83. The van der Waals surface area contributed by atoms with Crippen LogP contribution in [-0.2, 0) is 19.6 Å². The molecule has 0 radical (unpaired) electrons. The van der Waals surface area contributed by atoms with Gasteiger partial charge < -0.3 is 10.1 Å². The fourth-order valence-electron chi connectivity index (χ4n) is 5.01. The van der Waals surface area contributed by atoms with E-state index in [2.05, 4.69) is 5.32 Å². The molecular formula is C25H37F2N3O5S. The Morgan fingerprint density at radius 3 is 2.42 bits per heavy atom. The molecule has 1 N–H and O–H groups in total. The van der Waals surface area contributed by atoms with Gasteiger partial charge in [-0.05, 0) is 76.0 Å². The predicted molar refractivity (Wildman–Crippen MR) is 131 cm³/mol. The molecule has 2 fully saturated rings. The van der Waals surface area contributed by atoms with Gasteiger partial charge in [0.1, 0.15) is 11.6 Å². The van der Waals surface area contributed by atoms with Crippen LogP contribution in [0, 0.1) is 29.4 Å². The van der Waals surface area contributed by atoms with Crippen LogP contribution in [0.2, 0.25) is 0 Å². The van der Waals surface area contributed by atoms with Crippen molar-refractivity contribution < 1.29 is 31.5 Å². The zero-order chi connectivity index (χ0) is 27.0. The maximum atomic E-state index is 13.7. The van der Waals surface area contributed by atoms with Crippen molar-refractivity contribution in [3.63, 3.8) is 0 Å². The Bertz CT molecular complexity index is 1090. The molecule has 1 aliphatic heterocycles. The first-order valence-electron chi connectivity index (χ1n) is 12.3. The number of hydrogen-bond acceptors (Lipinski definition) is 5. The summed E-state index contributed by atoms with van der Waals surface area (Å²) in [5, 5.41) is 3.06. The van der Waals surface area contributed by atoms with Gasteiger partial charge in [-0.3, -0.25) is 9.69 Å². The molecule has 1 aromatic carbocycles. The number of halogens is 2. The smallest absolute Gasteiger partial charge is 0.410 e. The van der Waals surface area contributed by atoms with Gasteiger partial charge in [0.05, 0.1) is 4.90 Å². The van der Waals surface area contributed by atoms with Crippen molar-refractivity contribution in [1.82, 2.24) is 14.5 Å². The molecule has 36 heavy (non-hydrogen) atoms. The minimum absolute atomic E-state index is 0.0440. The molecule has 1 saturated heterocycles. The molecule has 8 nitrogen and oxygen atoms in total. The Labute approximate surface area is 212 Å². The SMILES string of the molecule is CC(C)C[C@@H](C(=O)N[C@@H]1CC[C@H]2CN(S(=O)(=O)c3ccc(F)c(F)c3)C[C@H]21)N(C)C(=O)OC(C)(C)C. The summed E-state index contributed by atoms with van der Waals surface area (Å²) in [4.78, 5) is 27.0. The third-order valence-corrected chi connectivity index (χ3v) is 8.65. The number of sulfonamides is 1. The molecule has 4 atom stereocenters. The summed E-state index contributed by atoms with van der Waals surface area (Å²) in [7, 11) is -2.46. The number of carbonyl (C=O) groups is 2. The average Bonchev–Trinajstić information content (AvgIpc) is 3.34. The number of hydrogen-bond donors (Lipinski definition) is 1. The topological polar surface area (TPSA) is 96.0 Å². The number of nitrogens with one attached hydrogen (secondary N) is 1. The monoisotopic (exact) mass is 529 g/mol. The maximum Gasteiger partial charge on any atom is 0.410 e. The molecule has 1 aliphatic carbocycles. The van der Waals surface area contributed by atoms with Crippen molar-refractivity contribution in [3.8, 4) is 0 Å². The Morgan fingerprint density at radius 2 is 1.83 bits per heavy atom. The van der Waals surface area contributed by atoms with Gasteiger partial charge in [0.25, 0.3) is 0 Å². The summed E-state index contributed by atoms with van der Waals surface area (Å²) in [6.45, 7) is 9.64. The number of likely N-dealkylation sites (N-methyl/N-ethyl adjacent to an activating group) is 1. The first kappa shape index (κ1) is 28.3. The van der Waals surface area contributed by atoms with Crippen LogP contribution in [-0.4, -0.2) is 67.4 Å². The second-order valence-electron chi connectivity index (χ2n) is 11.3. The van der Waals surface area contributed by atoms with E-state index in [1.807, 2.05) is 13.8 Å². The van der Waals surface area contributed by atoms with E-state index in [0.29, 0.717) is 18.9 Å². The molecule has 2 amide bonds. The van der Waals surface area contributed by atoms with Gasteiger partial charge in [-0.2, -0.15) is 4.31 Å². The molecule has 2 aliphatic rings. The zero-order valence-corrected chi connectivity index (χ0v) is 22.6. The molecule has 0 bridgehead atoms. The summed E-state index contributed by atoms with van der Waals surface area (Å²) in [5.41, 5.74) is -0.699. The van der Waals surface area contributed by atoms with Crippen molar-refractivity contribution in [2.75, 3.05) is 20.1 Å². The van der Waals surface area contributed by atoms with E-state index in [9.17, 15) is 26.8 Å². The number of amides is 2. The summed E-state index contributed by atoms with van der Waals surface area (Å²) in [5.74, 6) is -2.55. The van der Waals surface area contributed by atoms with Crippen molar-refractivity contribution in [1.29, 1.82) is 0 Å². The Balaban J connectivity index is 1.71. The van der Waals surface area contributed by atoms with Crippen LogP contribution in [0.5, 0.6) is 0 Å². The van der Waals surface area contributed by atoms with E-state index in [1.54, 1.807) is 27.8 Å². The van der Waals surface area contributed by atoms with Crippen LogP contribution in [0.15, 0.2) is 23.1 Å². The molecule has 11 heteroatoms. The molecule has 0 unspecified atom stereocenters. The highest BCUT2D eigenvalue weighted by atomic mass is 32.2. The lowest BCUT2D eigenvalue weighted by atomic mass is 9.96. The van der Waals surface area contributed by atoms with Gasteiger partial charge in [0.2, 0.25) is 15.9 Å². The van der Waals surface area contributed by atoms with Gasteiger partial charge in [-0.1, -0.05) is 13.8 Å². The Hall–Kier alpha value is -2.27. The zero-order valence-electron chi connectivity index (χ0n) is 21.8. The molecule has 1 heterocycles.